The van der Waals surface area contributed by atoms with E-state index >= 15 is 0 Å². The number of benzene rings is 1. The van der Waals surface area contributed by atoms with Gasteiger partial charge in [-0.05, 0) is 51.1 Å². The number of aromatic nitrogens is 1. The highest BCUT2D eigenvalue weighted by molar-refractivity contribution is 5.79. The van der Waals surface area contributed by atoms with Gasteiger partial charge >= 0.3 is 0 Å². The lowest BCUT2D eigenvalue weighted by Crippen LogP contribution is -2.37. The van der Waals surface area contributed by atoms with E-state index in [0.717, 1.165) is 63.1 Å². The van der Waals surface area contributed by atoms with E-state index in [1.165, 1.54) is 0 Å². The van der Waals surface area contributed by atoms with Crippen LogP contribution in [0.4, 0.5) is 0 Å². The van der Waals surface area contributed by atoms with Crippen LogP contribution >= 0.6 is 0 Å². The minimum Gasteiger partial charge on any atom is -0.490 e. The number of rotatable bonds is 1. The van der Waals surface area contributed by atoms with Crippen LogP contribution in [-0.2, 0) is 11.3 Å². The van der Waals surface area contributed by atoms with Crippen molar-refractivity contribution >= 4 is 5.91 Å². The number of likely N-dealkylation sites (tertiary alicyclic amines) is 1. The van der Waals surface area contributed by atoms with Crippen molar-refractivity contribution in [2.75, 3.05) is 33.3 Å². The Morgan fingerprint density at radius 3 is 2.70 bits per heavy atom. The van der Waals surface area contributed by atoms with Crippen LogP contribution in [0.1, 0.15) is 37.7 Å². The van der Waals surface area contributed by atoms with Crippen LogP contribution in [0.2, 0.25) is 0 Å². The fourth-order valence-electron chi connectivity index (χ4n) is 4.20. The number of para-hydroxylation sites is 2. The van der Waals surface area contributed by atoms with Gasteiger partial charge in [0.2, 0.25) is 11.8 Å². The average Bonchev–Trinajstić information content (AvgIpc) is 3.20. The van der Waals surface area contributed by atoms with E-state index in [4.69, 9.17) is 9.47 Å². The Morgan fingerprint density at radius 1 is 1.03 bits per heavy atom. The van der Waals surface area contributed by atoms with E-state index in [1.807, 2.05) is 41.3 Å². The highest BCUT2D eigenvalue weighted by Gasteiger charge is 2.30. The molecule has 1 saturated heterocycles. The maximum absolute atomic E-state index is 13.3. The Bertz CT molecular complexity index is 857. The first kappa shape index (κ1) is 20.7. The average molecular weight is 410 g/mol. The fourth-order valence-corrected chi connectivity index (χ4v) is 4.20. The Hall–Kier alpha value is -2.60. The molecule has 30 heavy (non-hydrogen) atoms. The molecule has 2 aromatic rings. The van der Waals surface area contributed by atoms with Crippen molar-refractivity contribution in [2.24, 2.45) is 5.92 Å². The van der Waals surface area contributed by atoms with Crippen molar-refractivity contribution in [3.63, 3.8) is 0 Å². The zero-order valence-electron chi connectivity index (χ0n) is 17.8. The molecule has 0 N–H and O–H groups in total. The van der Waals surface area contributed by atoms with Crippen LogP contribution in [0.5, 0.6) is 17.4 Å². The molecule has 0 spiro atoms. The molecule has 1 atom stereocenters. The number of hydrogen-bond acceptors (Lipinski definition) is 5. The van der Waals surface area contributed by atoms with Gasteiger partial charge in [0, 0.05) is 24.8 Å². The lowest BCUT2D eigenvalue weighted by Gasteiger charge is -2.27. The van der Waals surface area contributed by atoms with Crippen LogP contribution < -0.4 is 9.47 Å². The molecule has 1 amide bonds. The van der Waals surface area contributed by atoms with Crippen molar-refractivity contribution in [2.45, 2.75) is 38.6 Å². The Labute approximate surface area is 178 Å². The van der Waals surface area contributed by atoms with Crippen molar-refractivity contribution in [3.05, 3.63) is 48.2 Å². The van der Waals surface area contributed by atoms with Gasteiger partial charge in [-0.25, -0.2) is 4.98 Å². The molecule has 6 nitrogen and oxygen atoms in total. The van der Waals surface area contributed by atoms with E-state index in [2.05, 4.69) is 16.9 Å². The van der Waals surface area contributed by atoms with Gasteiger partial charge in [-0.15, -0.1) is 0 Å². The molecule has 1 aromatic heterocycles. The third kappa shape index (κ3) is 5.11. The molecule has 1 unspecified atom stereocenters. The number of carbonyl (C=O) groups excluding carboxylic acids is 1. The van der Waals surface area contributed by atoms with Gasteiger partial charge in [-0.3, -0.25) is 4.79 Å². The SMILES string of the molecule is CN1CCC(C(=O)N2CCCCCCOc3ccccc3Oc3ncccc3C2)C1. The van der Waals surface area contributed by atoms with Gasteiger partial charge in [-0.2, -0.15) is 0 Å². The number of ether oxygens (including phenoxy) is 2. The third-order valence-corrected chi connectivity index (χ3v) is 5.90. The van der Waals surface area contributed by atoms with Crippen LogP contribution in [0.25, 0.3) is 0 Å². The summed E-state index contributed by atoms with van der Waals surface area (Å²) in [5.41, 5.74) is 0.920. The van der Waals surface area contributed by atoms with Crippen LogP contribution in [0.3, 0.4) is 0 Å². The fraction of sp³-hybridized carbons (Fsp3) is 0.500. The number of amides is 1. The molecule has 160 valence electrons. The summed E-state index contributed by atoms with van der Waals surface area (Å²) in [6.45, 7) is 3.78. The van der Waals surface area contributed by atoms with E-state index in [0.29, 0.717) is 24.8 Å². The molecular weight excluding hydrogens is 378 g/mol. The summed E-state index contributed by atoms with van der Waals surface area (Å²) < 4.78 is 12.1. The molecule has 0 saturated carbocycles. The zero-order chi connectivity index (χ0) is 20.8. The molecule has 0 bridgehead atoms. The van der Waals surface area contributed by atoms with Crippen LogP contribution in [0, 0.1) is 5.92 Å². The second kappa shape index (κ2) is 9.94. The minimum absolute atomic E-state index is 0.0871. The number of fused-ring (bicyclic) bond motifs is 2. The zero-order valence-corrected chi connectivity index (χ0v) is 17.8. The summed E-state index contributed by atoms with van der Waals surface area (Å²) in [6.07, 6.45) is 6.84. The summed E-state index contributed by atoms with van der Waals surface area (Å²) in [7, 11) is 2.09. The summed E-state index contributed by atoms with van der Waals surface area (Å²) in [4.78, 5) is 22.0. The molecule has 2 aliphatic heterocycles. The van der Waals surface area contributed by atoms with Crippen molar-refractivity contribution < 1.29 is 14.3 Å². The monoisotopic (exact) mass is 409 g/mol. The molecular formula is C24H31N3O3. The molecule has 4 rings (SSSR count). The first-order valence-corrected chi connectivity index (χ1v) is 11.0. The van der Waals surface area contributed by atoms with E-state index in [9.17, 15) is 4.79 Å². The van der Waals surface area contributed by atoms with Gasteiger partial charge in [0.1, 0.15) is 0 Å². The largest absolute Gasteiger partial charge is 0.490 e. The van der Waals surface area contributed by atoms with E-state index in [-0.39, 0.29) is 11.8 Å². The Morgan fingerprint density at radius 2 is 1.87 bits per heavy atom. The van der Waals surface area contributed by atoms with E-state index in [1.54, 1.807) is 6.20 Å². The third-order valence-electron chi connectivity index (χ3n) is 5.90. The molecule has 6 heteroatoms. The minimum atomic E-state index is 0.0871. The van der Waals surface area contributed by atoms with Crippen LogP contribution in [-0.4, -0.2) is 54.0 Å². The molecule has 2 aliphatic rings. The maximum Gasteiger partial charge on any atom is 0.227 e. The van der Waals surface area contributed by atoms with Crippen LogP contribution in [0.15, 0.2) is 42.6 Å². The summed E-state index contributed by atoms with van der Waals surface area (Å²) >= 11 is 0. The molecule has 0 radical (unpaired) electrons. The first-order chi connectivity index (χ1) is 14.7. The van der Waals surface area contributed by atoms with Gasteiger partial charge in [0.15, 0.2) is 11.5 Å². The topological polar surface area (TPSA) is 54.9 Å². The Kier molecular flexibility index (Phi) is 6.84. The lowest BCUT2D eigenvalue weighted by molar-refractivity contribution is -0.135. The van der Waals surface area contributed by atoms with Gasteiger partial charge in [-0.1, -0.05) is 31.0 Å². The Balaban J connectivity index is 1.60. The lowest BCUT2D eigenvalue weighted by atomic mass is 10.1. The quantitative estimate of drug-likeness (QED) is 0.710. The molecule has 0 aliphatic carbocycles. The number of pyridine rings is 1. The molecule has 1 fully saturated rings. The summed E-state index contributed by atoms with van der Waals surface area (Å²) in [6, 6.07) is 11.6. The number of hydrogen-bond donors (Lipinski definition) is 0. The second-order valence-electron chi connectivity index (χ2n) is 8.29. The smallest absolute Gasteiger partial charge is 0.227 e. The predicted molar refractivity (Wildman–Crippen MR) is 116 cm³/mol. The highest BCUT2D eigenvalue weighted by atomic mass is 16.5. The van der Waals surface area contributed by atoms with Gasteiger partial charge < -0.3 is 19.3 Å². The van der Waals surface area contributed by atoms with Crippen molar-refractivity contribution in [1.29, 1.82) is 0 Å². The summed E-state index contributed by atoms with van der Waals surface area (Å²) in [5.74, 6) is 2.26. The molecule has 3 heterocycles. The standard InChI is InChI=1S/C24H31N3O3/c1-26-15-12-20(17-26)24(28)27-14-6-2-3-7-16-29-21-10-4-5-11-22(21)30-23-19(18-27)9-8-13-25-23/h4-5,8-11,13,20H,2-3,6-7,12,14-18H2,1H3. The van der Waals surface area contributed by atoms with Crippen molar-refractivity contribution in [3.8, 4) is 17.4 Å². The normalized spacial score (nSPS) is 21.0. The van der Waals surface area contributed by atoms with Gasteiger partial charge in [0.25, 0.3) is 0 Å². The number of nitrogens with zero attached hydrogens (tertiary/aromatic N) is 3. The second-order valence-corrected chi connectivity index (χ2v) is 8.29. The molecule has 1 aromatic carbocycles. The first-order valence-electron chi connectivity index (χ1n) is 11.0. The summed E-state index contributed by atoms with van der Waals surface area (Å²) in [5, 5.41) is 0. The van der Waals surface area contributed by atoms with Crippen molar-refractivity contribution in [1.82, 2.24) is 14.8 Å². The number of carbonyl (C=O) groups is 1. The predicted octanol–water partition coefficient (Wildman–Crippen LogP) is 4.11. The van der Waals surface area contributed by atoms with Gasteiger partial charge in [0.05, 0.1) is 19.1 Å². The van der Waals surface area contributed by atoms with E-state index < -0.39 is 0 Å². The highest BCUT2D eigenvalue weighted by Crippen LogP contribution is 2.33. The maximum atomic E-state index is 13.3.